The van der Waals surface area contributed by atoms with Gasteiger partial charge in [0.25, 0.3) is 0 Å². The Morgan fingerprint density at radius 2 is 1.28 bits per heavy atom. The standard InChI is InChI=1S/C20H30O5/c1-2-3-4-5-6-7-8-9-10-11-12-13-14-15-16-17(21)18(22)19(23)20(24)25/h10-16,21-23H,2-9H2,1H3,(H,24,25). The van der Waals surface area contributed by atoms with Gasteiger partial charge in [0, 0.05) is 0 Å². The summed E-state index contributed by atoms with van der Waals surface area (Å²) in [5, 5.41) is 36.0. The van der Waals surface area contributed by atoms with Crippen molar-refractivity contribution in [2.24, 2.45) is 0 Å². The van der Waals surface area contributed by atoms with Gasteiger partial charge in [0.2, 0.25) is 11.5 Å². The van der Waals surface area contributed by atoms with E-state index in [0.717, 1.165) is 12.5 Å². The number of unbranched alkanes of at least 4 members (excludes halogenated alkanes) is 7. The van der Waals surface area contributed by atoms with Crippen LogP contribution in [0, 0.1) is 0 Å². The molecule has 4 N–H and O–H groups in total. The van der Waals surface area contributed by atoms with Crippen LogP contribution in [0.25, 0.3) is 0 Å². The van der Waals surface area contributed by atoms with E-state index in [2.05, 4.69) is 13.0 Å². The van der Waals surface area contributed by atoms with Gasteiger partial charge in [-0.15, -0.1) is 0 Å². The number of hydrogen-bond acceptors (Lipinski definition) is 4. The number of aliphatic carboxylic acids is 1. The molecule has 5 heteroatoms. The topological polar surface area (TPSA) is 98.0 Å². The van der Waals surface area contributed by atoms with E-state index >= 15 is 0 Å². The van der Waals surface area contributed by atoms with Gasteiger partial charge in [-0.05, 0) is 18.9 Å². The number of carboxylic acid groups (broad SMARTS) is 1. The highest BCUT2D eigenvalue weighted by molar-refractivity contribution is 5.84. The van der Waals surface area contributed by atoms with Crippen molar-refractivity contribution in [1.82, 2.24) is 0 Å². The van der Waals surface area contributed by atoms with Crippen molar-refractivity contribution in [1.29, 1.82) is 0 Å². The fraction of sp³-hybridized carbons (Fsp3) is 0.450. The fourth-order valence-corrected chi connectivity index (χ4v) is 2.03. The number of allylic oxidation sites excluding steroid dienone is 7. The zero-order valence-corrected chi connectivity index (χ0v) is 14.9. The lowest BCUT2D eigenvalue weighted by Crippen LogP contribution is -2.05. The second kappa shape index (κ2) is 15.1. The molecule has 0 bridgehead atoms. The molecular formula is C20H30O5. The summed E-state index contributed by atoms with van der Waals surface area (Å²) in [5.41, 5.74) is 0. The van der Waals surface area contributed by atoms with E-state index in [1.54, 1.807) is 12.2 Å². The van der Waals surface area contributed by atoms with E-state index in [4.69, 9.17) is 10.2 Å². The Labute approximate surface area is 150 Å². The zero-order chi connectivity index (χ0) is 18.9. The highest BCUT2D eigenvalue weighted by Gasteiger charge is 2.14. The Bertz CT molecular complexity index is 524. The molecule has 0 aromatic rings. The van der Waals surface area contributed by atoms with Crippen LogP contribution in [0.4, 0.5) is 0 Å². The highest BCUT2D eigenvalue weighted by Crippen LogP contribution is 2.09. The van der Waals surface area contributed by atoms with Crippen molar-refractivity contribution < 1.29 is 25.2 Å². The van der Waals surface area contributed by atoms with Crippen LogP contribution in [0.5, 0.6) is 0 Å². The molecule has 0 radical (unpaired) electrons. The third-order valence-corrected chi connectivity index (χ3v) is 3.48. The fourth-order valence-electron chi connectivity index (χ4n) is 2.03. The maximum atomic E-state index is 10.4. The largest absolute Gasteiger partial charge is 0.504 e. The number of carbonyl (C=O) groups is 1. The molecule has 0 amide bonds. The SMILES string of the molecule is CCCCCCCCCC=CC=CC=CC=C(O)C(O)=C(O)C(=O)O. The number of aliphatic hydroxyl groups excluding tert-OH is 3. The van der Waals surface area contributed by atoms with Gasteiger partial charge >= 0.3 is 5.97 Å². The summed E-state index contributed by atoms with van der Waals surface area (Å²) in [7, 11) is 0. The molecule has 0 aliphatic carbocycles. The minimum atomic E-state index is -1.72. The molecule has 0 fully saturated rings. The molecule has 0 heterocycles. The summed E-state index contributed by atoms with van der Waals surface area (Å²) in [4.78, 5) is 10.4. The van der Waals surface area contributed by atoms with Gasteiger partial charge in [-0.25, -0.2) is 4.79 Å². The van der Waals surface area contributed by atoms with Crippen molar-refractivity contribution >= 4 is 5.97 Å². The van der Waals surface area contributed by atoms with Crippen molar-refractivity contribution in [3.63, 3.8) is 0 Å². The van der Waals surface area contributed by atoms with Gasteiger partial charge in [0.05, 0.1) is 0 Å². The molecule has 0 rings (SSSR count). The average Bonchev–Trinajstić information content (AvgIpc) is 2.60. The molecule has 0 saturated carbocycles. The molecule has 0 atom stereocenters. The van der Waals surface area contributed by atoms with Crippen molar-refractivity contribution in [3.05, 3.63) is 59.8 Å². The van der Waals surface area contributed by atoms with Crippen LogP contribution in [0.2, 0.25) is 0 Å². The smallest absolute Gasteiger partial charge is 0.375 e. The van der Waals surface area contributed by atoms with Crippen LogP contribution in [0.1, 0.15) is 58.3 Å². The van der Waals surface area contributed by atoms with Gasteiger partial charge < -0.3 is 20.4 Å². The first-order valence-corrected chi connectivity index (χ1v) is 8.75. The summed E-state index contributed by atoms with van der Waals surface area (Å²) >= 11 is 0. The lowest BCUT2D eigenvalue weighted by molar-refractivity contribution is -0.135. The van der Waals surface area contributed by atoms with Crippen LogP contribution in [-0.2, 0) is 4.79 Å². The predicted molar refractivity (Wildman–Crippen MR) is 101 cm³/mol. The summed E-state index contributed by atoms with van der Waals surface area (Å²) in [5.74, 6) is -4.81. The Balaban J connectivity index is 3.97. The third kappa shape index (κ3) is 12.6. The second-order valence-electron chi connectivity index (χ2n) is 5.66. The molecule has 0 aromatic heterocycles. The first-order chi connectivity index (χ1) is 12.0. The van der Waals surface area contributed by atoms with E-state index in [1.807, 2.05) is 12.2 Å². The molecular weight excluding hydrogens is 320 g/mol. The van der Waals surface area contributed by atoms with E-state index in [1.165, 1.54) is 51.0 Å². The monoisotopic (exact) mass is 350 g/mol. The van der Waals surface area contributed by atoms with Crippen LogP contribution in [0.3, 0.4) is 0 Å². The van der Waals surface area contributed by atoms with Crippen LogP contribution < -0.4 is 0 Å². The zero-order valence-electron chi connectivity index (χ0n) is 14.9. The van der Waals surface area contributed by atoms with E-state index in [0.29, 0.717) is 0 Å². The Kier molecular flexibility index (Phi) is 13.6. The van der Waals surface area contributed by atoms with E-state index < -0.39 is 23.2 Å². The van der Waals surface area contributed by atoms with Crippen molar-refractivity contribution in [2.45, 2.75) is 58.3 Å². The number of aliphatic hydroxyl groups is 3. The van der Waals surface area contributed by atoms with Crippen molar-refractivity contribution in [2.75, 3.05) is 0 Å². The Morgan fingerprint density at radius 1 is 0.720 bits per heavy atom. The first-order valence-electron chi connectivity index (χ1n) is 8.75. The molecule has 0 unspecified atom stereocenters. The minimum Gasteiger partial charge on any atom is -0.504 e. The number of carboxylic acids is 1. The van der Waals surface area contributed by atoms with E-state index in [9.17, 15) is 15.0 Å². The summed E-state index contributed by atoms with van der Waals surface area (Å²) in [6.45, 7) is 2.22. The highest BCUT2D eigenvalue weighted by atomic mass is 16.4. The van der Waals surface area contributed by atoms with Gasteiger partial charge in [0.1, 0.15) is 0 Å². The first kappa shape index (κ1) is 22.6. The van der Waals surface area contributed by atoms with Crippen LogP contribution >= 0.6 is 0 Å². The van der Waals surface area contributed by atoms with Gasteiger partial charge in [-0.2, -0.15) is 0 Å². The molecule has 0 aliphatic rings. The lowest BCUT2D eigenvalue weighted by atomic mass is 10.1. The van der Waals surface area contributed by atoms with Gasteiger partial charge in [-0.3, -0.25) is 0 Å². The molecule has 0 aromatic carbocycles. The van der Waals surface area contributed by atoms with Gasteiger partial charge in [0.15, 0.2) is 5.76 Å². The van der Waals surface area contributed by atoms with E-state index in [-0.39, 0.29) is 0 Å². The predicted octanol–water partition coefficient (Wildman–Crippen LogP) is 5.65. The number of hydrogen-bond donors (Lipinski definition) is 4. The maximum Gasteiger partial charge on any atom is 0.375 e. The molecule has 0 aliphatic heterocycles. The normalized spacial score (nSPS) is 13.9. The summed E-state index contributed by atoms with van der Waals surface area (Å²) < 4.78 is 0. The Morgan fingerprint density at radius 3 is 1.92 bits per heavy atom. The minimum absolute atomic E-state index is 0.723. The van der Waals surface area contributed by atoms with Crippen LogP contribution in [-0.4, -0.2) is 26.4 Å². The molecule has 5 nitrogen and oxygen atoms in total. The molecule has 25 heavy (non-hydrogen) atoms. The number of rotatable bonds is 13. The van der Waals surface area contributed by atoms with Crippen LogP contribution in [0.15, 0.2) is 59.8 Å². The van der Waals surface area contributed by atoms with Gasteiger partial charge in [-0.1, -0.05) is 81.9 Å². The average molecular weight is 350 g/mol. The molecule has 140 valence electrons. The maximum absolute atomic E-state index is 10.4. The second-order valence-corrected chi connectivity index (χ2v) is 5.66. The molecule has 0 saturated heterocycles. The third-order valence-electron chi connectivity index (χ3n) is 3.48. The molecule has 0 spiro atoms. The quantitative estimate of drug-likeness (QED) is 0.149. The summed E-state index contributed by atoms with van der Waals surface area (Å²) in [6, 6.07) is 0. The lowest BCUT2D eigenvalue weighted by Gasteiger charge is -1.98. The van der Waals surface area contributed by atoms with Crippen molar-refractivity contribution in [3.8, 4) is 0 Å². The Hall–Kier alpha value is -2.43. The summed E-state index contributed by atoms with van der Waals surface area (Å²) in [6.07, 6.45) is 21.8.